The third kappa shape index (κ3) is 7.94. The minimum Gasteiger partial charge on any atom is -0.489 e. The van der Waals surface area contributed by atoms with Crippen molar-refractivity contribution in [3.63, 3.8) is 0 Å². The van der Waals surface area contributed by atoms with Crippen LogP contribution >= 0.6 is 24.0 Å². The van der Waals surface area contributed by atoms with Gasteiger partial charge in [0.25, 0.3) is 0 Å². The molecule has 1 aromatic rings. The number of guanidine groups is 1. The standard InChI is InChI=1S/C22H36N4O2.HI/c1-3-20(28-21-8-6-5-7-9-21)16-24-22(23-4-2)26-11-10-19(18-26)17-25-12-14-27-15-13-25;/h5-9,19-20H,3-4,10-18H2,1-2H3,(H,23,24);1H. The molecule has 2 aliphatic heterocycles. The maximum atomic E-state index is 6.10. The maximum absolute atomic E-state index is 6.10. The van der Waals surface area contributed by atoms with E-state index in [1.807, 2.05) is 30.3 Å². The van der Waals surface area contributed by atoms with Crippen molar-refractivity contribution in [2.45, 2.75) is 32.8 Å². The zero-order valence-corrected chi connectivity index (χ0v) is 20.2. The molecule has 2 unspecified atom stereocenters. The lowest BCUT2D eigenvalue weighted by Gasteiger charge is -2.29. The summed E-state index contributed by atoms with van der Waals surface area (Å²) in [6.45, 7) is 13.1. The fraction of sp³-hybridized carbons (Fsp3) is 0.682. The summed E-state index contributed by atoms with van der Waals surface area (Å²) in [5.41, 5.74) is 0. The van der Waals surface area contributed by atoms with Crippen molar-refractivity contribution in [2.24, 2.45) is 10.9 Å². The Kier molecular flexibility index (Phi) is 11.1. The molecule has 0 bridgehead atoms. The summed E-state index contributed by atoms with van der Waals surface area (Å²) >= 11 is 0. The topological polar surface area (TPSA) is 49.3 Å². The molecule has 7 heteroatoms. The molecule has 2 aliphatic rings. The molecule has 0 aliphatic carbocycles. The van der Waals surface area contributed by atoms with Crippen LogP contribution < -0.4 is 10.1 Å². The molecule has 0 amide bonds. The first kappa shape index (κ1) is 24.2. The zero-order valence-electron chi connectivity index (χ0n) is 17.9. The molecule has 0 aromatic heterocycles. The number of nitrogens with zero attached hydrogens (tertiary/aromatic N) is 3. The summed E-state index contributed by atoms with van der Waals surface area (Å²) in [4.78, 5) is 9.88. The van der Waals surface area contributed by atoms with Gasteiger partial charge in [-0.15, -0.1) is 24.0 Å². The Bertz CT molecular complexity index is 596. The van der Waals surface area contributed by atoms with Gasteiger partial charge < -0.3 is 19.7 Å². The van der Waals surface area contributed by atoms with Crippen LogP contribution in [0.1, 0.15) is 26.7 Å². The largest absolute Gasteiger partial charge is 0.489 e. The van der Waals surface area contributed by atoms with Crippen molar-refractivity contribution >= 4 is 29.9 Å². The molecular formula is C22H37IN4O2. The van der Waals surface area contributed by atoms with E-state index in [-0.39, 0.29) is 30.1 Å². The first-order valence-corrected chi connectivity index (χ1v) is 10.8. The second kappa shape index (κ2) is 13.3. The lowest BCUT2D eigenvalue weighted by atomic mass is 10.1. The quantitative estimate of drug-likeness (QED) is 0.327. The fourth-order valence-electron chi connectivity index (χ4n) is 3.88. The van der Waals surface area contributed by atoms with E-state index in [2.05, 4.69) is 29.0 Å². The highest BCUT2D eigenvalue weighted by Gasteiger charge is 2.27. The second-order valence-electron chi connectivity index (χ2n) is 7.67. The van der Waals surface area contributed by atoms with Crippen LogP contribution in [0.3, 0.4) is 0 Å². The van der Waals surface area contributed by atoms with Gasteiger partial charge in [-0.1, -0.05) is 25.1 Å². The molecule has 3 rings (SSSR count). The molecule has 164 valence electrons. The molecule has 29 heavy (non-hydrogen) atoms. The van der Waals surface area contributed by atoms with Gasteiger partial charge in [0.15, 0.2) is 5.96 Å². The molecular weight excluding hydrogens is 479 g/mol. The molecule has 2 fully saturated rings. The third-order valence-corrected chi connectivity index (χ3v) is 5.49. The first-order valence-electron chi connectivity index (χ1n) is 10.8. The number of ether oxygens (including phenoxy) is 2. The number of halogens is 1. The van der Waals surface area contributed by atoms with Crippen LogP contribution in [-0.2, 0) is 4.74 Å². The number of likely N-dealkylation sites (tertiary alicyclic amines) is 1. The molecule has 0 radical (unpaired) electrons. The molecule has 0 spiro atoms. The van der Waals surface area contributed by atoms with Gasteiger partial charge in [0.1, 0.15) is 11.9 Å². The Hall–Kier alpha value is -1.06. The van der Waals surface area contributed by atoms with Gasteiger partial charge >= 0.3 is 0 Å². The Morgan fingerprint density at radius 2 is 1.97 bits per heavy atom. The summed E-state index contributed by atoms with van der Waals surface area (Å²) in [6.07, 6.45) is 2.28. The van der Waals surface area contributed by atoms with Gasteiger partial charge in [0.05, 0.1) is 19.8 Å². The van der Waals surface area contributed by atoms with Crippen LogP contribution in [0.5, 0.6) is 5.75 Å². The first-order chi connectivity index (χ1) is 13.8. The molecule has 2 heterocycles. The smallest absolute Gasteiger partial charge is 0.194 e. The number of rotatable bonds is 8. The van der Waals surface area contributed by atoms with E-state index in [9.17, 15) is 0 Å². The van der Waals surface area contributed by atoms with Gasteiger partial charge in [0.2, 0.25) is 0 Å². The minimum atomic E-state index is 0. The highest BCUT2D eigenvalue weighted by atomic mass is 127. The molecule has 0 saturated carbocycles. The van der Waals surface area contributed by atoms with Crippen LogP contribution in [0.25, 0.3) is 0 Å². The van der Waals surface area contributed by atoms with E-state index in [1.54, 1.807) is 0 Å². The van der Waals surface area contributed by atoms with E-state index in [0.29, 0.717) is 12.5 Å². The summed E-state index contributed by atoms with van der Waals surface area (Å²) in [6, 6.07) is 10.0. The second-order valence-corrected chi connectivity index (χ2v) is 7.67. The SMILES string of the molecule is CCNC(=NCC(CC)Oc1ccccc1)N1CCC(CN2CCOCC2)C1.I. The monoisotopic (exact) mass is 516 g/mol. The van der Waals surface area contributed by atoms with E-state index in [0.717, 1.165) is 64.1 Å². The predicted molar refractivity (Wildman–Crippen MR) is 129 cm³/mol. The van der Waals surface area contributed by atoms with Gasteiger partial charge in [-0.2, -0.15) is 0 Å². The lowest BCUT2D eigenvalue weighted by Crippen LogP contribution is -2.42. The van der Waals surface area contributed by atoms with Gasteiger partial charge in [0, 0.05) is 39.3 Å². The predicted octanol–water partition coefficient (Wildman–Crippen LogP) is 3.08. The van der Waals surface area contributed by atoms with Crippen LogP contribution in [-0.4, -0.2) is 80.9 Å². The summed E-state index contributed by atoms with van der Waals surface area (Å²) < 4.78 is 11.6. The Labute approximate surface area is 193 Å². The van der Waals surface area contributed by atoms with Gasteiger partial charge in [-0.05, 0) is 37.8 Å². The molecule has 1 aromatic carbocycles. The van der Waals surface area contributed by atoms with Crippen molar-refractivity contribution in [2.75, 3.05) is 59.0 Å². The molecule has 2 atom stereocenters. The number of hydrogen-bond acceptors (Lipinski definition) is 4. The van der Waals surface area contributed by atoms with E-state index < -0.39 is 0 Å². The molecule has 6 nitrogen and oxygen atoms in total. The lowest BCUT2D eigenvalue weighted by molar-refractivity contribution is 0.0315. The molecule has 2 saturated heterocycles. The fourth-order valence-corrected chi connectivity index (χ4v) is 3.88. The average molecular weight is 516 g/mol. The summed E-state index contributed by atoms with van der Waals surface area (Å²) in [7, 11) is 0. The van der Waals surface area contributed by atoms with Crippen molar-refractivity contribution < 1.29 is 9.47 Å². The van der Waals surface area contributed by atoms with Crippen LogP contribution in [0.2, 0.25) is 0 Å². The van der Waals surface area contributed by atoms with E-state index in [1.165, 1.54) is 13.0 Å². The van der Waals surface area contributed by atoms with E-state index >= 15 is 0 Å². The number of benzene rings is 1. The van der Waals surface area contributed by atoms with Gasteiger partial charge in [-0.3, -0.25) is 4.90 Å². The van der Waals surface area contributed by atoms with Crippen molar-refractivity contribution in [3.05, 3.63) is 30.3 Å². The summed E-state index contributed by atoms with van der Waals surface area (Å²) in [5.74, 6) is 2.66. The third-order valence-electron chi connectivity index (χ3n) is 5.49. The van der Waals surface area contributed by atoms with E-state index in [4.69, 9.17) is 14.5 Å². The number of para-hydroxylation sites is 1. The Morgan fingerprint density at radius 3 is 2.66 bits per heavy atom. The number of morpholine rings is 1. The average Bonchev–Trinajstić information content (AvgIpc) is 3.20. The number of hydrogen-bond donors (Lipinski definition) is 1. The highest BCUT2D eigenvalue weighted by Crippen LogP contribution is 2.19. The van der Waals surface area contributed by atoms with Crippen LogP contribution in [0, 0.1) is 5.92 Å². The normalized spacial score (nSPS) is 21.5. The Morgan fingerprint density at radius 1 is 1.21 bits per heavy atom. The van der Waals surface area contributed by atoms with Crippen molar-refractivity contribution in [3.8, 4) is 5.75 Å². The van der Waals surface area contributed by atoms with Crippen molar-refractivity contribution in [1.82, 2.24) is 15.1 Å². The van der Waals surface area contributed by atoms with Crippen LogP contribution in [0.15, 0.2) is 35.3 Å². The van der Waals surface area contributed by atoms with Gasteiger partial charge in [-0.25, -0.2) is 4.99 Å². The van der Waals surface area contributed by atoms with Crippen LogP contribution in [0.4, 0.5) is 0 Å². The highest BCUT2D eigenvalue weighted by molar-refractivity contribution is 14.0. The minimum absolute atomic E-state index is 0. The maximum Gasteiger partial charge on any atom is 0.194 e. The van der Waals surface area contributed by atoms with Crippen molar-refractivity contribution in [1.29, 1.82) is 0 Å². The summed E-state index contributed by atoms with van der Waals surface area (Å²) in [5, 5.41) is 3.48. The zero-order chi connectivity index (χ0) is 19.6. The molecule has 1 N–H and O–H groups in total. The number of nitrogens with one attached hydrogen (secondary N) is 1. The number of aliphatic imine (C=N–C) groups is 1. The Balaban J connectivity index is 0.00000300.